The molecule has 0 aliphatic carbocycles. The van der Waals surface area contributed by atoms with Crippen molar-refractivity contribution in [2.45, 2.75) is 31.8 Å². The zero-order chi connectivity index (χ0) is 16.2. The summed E-state index contributed by atoms with van der Waals surface area (Å²) in [6.45, 7) is 2.97. The lowest BCUT2D eigenvalue weighted by atomic mass is 10.0. The van der Waals surface area contributed by atoms with Gasteiger partial charge in [-0.05, 0) is 19.8 Å². The third-order valence-electron chi connectivity index (χ3n) is 3.93. The molecule has 3 amide bonds. The number of nitrogens with one attached hydrogen (secondary N) is 2. The number of likely N-dealkylation sites (tertiary alicyclic amines) is 1. The molecule has 1 aliphatic rings. The quantitative estimate of drug-likeness (QED) is 0.705. The normalized spacial score (nSPS) is 19.3. The Kier molecular flexibility index (Phi) is 6.11. The predicted molar refractivity (Wildman–Crippen MR) is 79.3 cm³/mol. The fourth-order valence-electron chi connectivity index (χ4n) is 2.35. The molecule has 1 atom stereocenters. The second-order valence-electron chi connectivity index (χ2n) is 5.29. The largest absolute Gasteiger partial charge is 0.341 e. The topological polar surface area (TPSA) is 98.8 Å². The Hall–Kier alpha value is -1.19. The van der Waals surface area contributed by atoms with E-state index in [1.54, 1.807) is 14.0 Å². The van der Waals surface area contributed by atoms with Crippen molar-refractivity contribution in [1.29, 1.82) is 0 Å². The highest BCUT2D eigenvalue weighted by atomic mass is 32.2. The summed E-state index contributed by atoms with van der Waals surface area (Å²) in [4.78, 5) is 24.9. The van der Waals surface area contributed by atoms with E-state index in [4.69, 9.17) is 0 Å². The van der Waals surface area contributed by atoms with E-state index in [0.29, 0.717) is 25.9 Å². The summed E-state index contributed by atoms with van der Waals surface area (Å²) < 4.78 is 24.4. The van der Waals surface area contributed by atoms with Gasteiger partial charge in [-0.25, -0.2) is 17.5 Å². The molecular weight excluding hydrogens is 296 g/mol. The highest BCUT2D eigenvalue weighted by Crippen LogP contribution is 2.19. The Labute approximate surface area is 125 Å². The SMILES string of the molecule is CNC(=O)NC(=O)C(C)N1CCC(N(C)S(C)(=O)=O)CC1. The molecule has 9 heteroatoms. The molecule has 0 radical (unpaired) electrons. The van der Waals surface area contributed by atoms with E-state index in [1.807, 2.05) is 4.90 Å². The van der Waals surface area contributed by atoms with Gasteiger partial charge in [-0.3, -0.25) is 15.0 Å². The Morgan fingerprint density at radius 1 is 1.29 bits per heavy atom. The van der Waals surface area contributed by atoms with Crippen molar-refractivity contribution in [2.75, 3.05) is 33.4 Å². The number of carbonyl (C=O) groups excluding carboxylic acids is 2. The minimum Gasteiger partial charge on any atom is -0.341 e. The van der Waals surface area contributed by atoms with Gasteiger partial charge in [0.2, 0.25) is 15.9 Å². The number of rotatable bonds is 4. The first kappa shape index (κ1) is 17.9. The van der Waals surface area contributed by atoms with Gasteiger partial charge in [0.25, 0.3) is 0 Å². The molecule has 8 nitrogen and oxygen atoms in total. The lowest BCUT2D eigenvalue weighted by Gasteiger charge is -2.37. The highest BCUT2D eigenvalue weighted by molar-refractivity contribution is 7.88. The minimum atomic E-state index is -3.19. The molecule has 1 rings (SSSR count). The van der Waals surface area contributed by atoms with Gasteiger partial charge in [-0.15, -0.1) is 0 Å². The van der Waals surface area contributed by atoms with Gasteiger partial charge < -0.3 is 5.32 Å². The number of nitrogens with zero attached hydrogens (tertiary/aromatic N) is 2. The minimum absolute atomic E-state index is 0.0366. The predicted octanol–water partition coefficient (Wildman–Crippen LogP) is -0.814. The van der Waals surface area contributed by atoms with Gasteiger partial charge in [0, 0.05) is 33.2 Å². The van der Waals surface area contributed by atoms with E-state index in [-0.39, 0.29) is 11.9 Å². The fourth-order valence-corrected chi connectivity index (χ4v) is 3.10. The Balaban J connectivity index is 2.52. The number of piperidine rings is 1. The van der Waals surface area contributed by atoms with E-state index >= 15 is 0 Å². The molecule has 0 aromatic rings. The second-order valence-corrected chi connectivity index (χ2v) is 7.33. The number of carbonyl (C=O) groups is 2. The maximum absolute atomic E-state index is 11.9. The number of sulfonamides is 1. The van der Waals surface area contributed by atoms with Gasteiger partial charge in [-0.1, -0.05) is 0 Å². The standard InChI is InChI=1S/C12H24N4O4S/c1-9(11(17)14-12(18)13-2)16-7-5-10(6-8-16)15(3)21(4,19)20/h9-10H,5-8H2,1-4H3,(H2,13,14,17,18). The van der Waals surface area contributed by atoms with Crippen LogP contribution in [0.25, 0.3) is 0 Å². The lowest BCUT2D eigenvalue weighted by molar-refractivity contribution is -0.125. The van der Waals surface area contributed by atoms with E-state index in [1.165, 1.54) is 17.6 Å². The Bertz CT molecular complexity index is 485. The van der Waals surface area contributed by atoms with Crippen molar-refractivity contribution in [2.24, 2.45) is 0 Å². The van der Waals surface area contributed by atoms with Gasteiger partial charge in [0.05, 0.1) is 12.3 Å². The smallest absolute Gasteiger partial charge is 0.321 e. The third kappa shape index (κ3) is 4.94. The molecule has 1 unspecified atom stereocenters. The summed E-state index contributed by atoms with van der Waals surface area (Å²) in [5.74, 6) is -0.357. The molecular formula is C12H24N4O4S. The highest BCUT2D eigenvalue weighted by Gasteiger charge is 2.31. The van der Waals surface area contributed by atoms with Crippen molar-refractivity contribution in [3.63, 3.8) is 0 Å². The second kappa shape index (κ2) is 7.19. The summed E-state index contributed by atoms with van der Waals surface area (Å²) in [6.07, 6.45) is 2.53. The number of hydrogen-bond donors (Lipinski definition) is 2. The first-order valence-corrected chi connectivity index (χ1v) is 8.71. The Morgan fingerprint density at radius 2 is 1.81 bits per heavy atom. The van der Waals surface area contributed by atoms with Crippen LogP contribution in [0.5, 0.6) is 0 Å². The van der Waals surface area contributed by atoms with Crippen LogP contribution >= 0.6 is 0 Å². The lowest BCUT2D eigenvalue weighted by Crippen LogP contribution is -2.53. The van der Waals surface area contributed by atoms with Gasteiger partial charge >= 0.3 is 6.03 Å². The number of imide groups is 1. The van der Waals surface area contributed by atoms with Crippen LogP contribution in [0, 0.1) is 0 Å². The zero-order valence-corrected chi connectivity index (χ0v) is 13.7. The maximum Gasteiger partial charge on any atom is 0.321 e. The van der Waals surface area contributed by atoms with Crippen LogP contribution in [0.4, 0.5) is 4.79 Å². The first-order valence-electron chi connectivity index (χ1n) is 6.86. The first-order chi connectivity index (χ1) is 9.66. The van der Waals surface area contributed by atoms with Crippen LogP contribution in [0.3, 0.4) is 0 Å². The van der Waals surface area contributed by atoms with Crippen LogP contribution in [0.2, 0.25) is 0 Å². The molecule has 1 fully saturated rings. The molecule has 0 aromatic carbocycles. The summed E-state index contributed by atoms with van der Waals surface area (Å²) >= 11 is 0. The average Bonchev–Trinajstić information content (AvgIpc) is 2.44. The van der Waals surface area contributed by atoms with E-state index in [0.717, 1.165) is 0 Å². The van der Waals surface area contributed by atoms with Gasteiger partial charge in [0.1, 0.15) is 0 Å². The van der Waals surface area contributed by atoms with Crippen LogP contribution < -0.4 is 10.6 Å². The summed E-state index contributed by atoms with van der Waals surface area (Å²) in [7, 11) is -0.168. The van der Waals surface area contributed by atoms with E-state index in [2.05, 4.69) is 10.6 Å². The van der Waals surface area contributed by atoms with Crippen molar-refractivity contribution >= 4 is 22.0 Å². The van der Waals surface area contributed by atoms with Crippen LogP contribution in [0.1, 0.15) is 19.8 Å². The van der Waals surface area contributed by atoms with Crippen molar-refractivity contribution < 1.29 is 18.0 Å². The molecule has 2 N–H and O–H groups in total. The van der Waals surface area contributed by atoms with E-state index < -0.39 is 22.1 Å². The number of urea groups is 1. The summed E-state index contributed by atoms with van der Waals surface area (Å²) in [6, 6.07) is -0.990. The molecule has 0 saturated carbocycles. The summed E-state index contributed by atoms with van der Waals surface area (Å²) in [5.41, 5.74) is 0. The van der Waals surface area contributed by atoms with Crippen LogP contribution in [0.15, 0.2) is 0 Å². The molecule has 0 bridgehead atoms. The number of hydrogen-bond acceptors (Lipinski definition) is 5. The van der Waals surface area contributed by atoms with Crippen LogP contribution in [-0.4, -0.2) is 75.1 Å². The molecule has 122 valence electrons. The Morgan fingerprint density at radius 3 is 2.24 bits per heavy atom. The molecule has 21 heavy (non-hydrogen) atoms. The van der Waals surface area contributed by atoms with Crippen LogP contribution in [-0.2, 0) is 14.8 Å². The number of amides is 3. The summed E-state index contributed by atoms with van der Waals surface area (Å²) in [5, 5.41) is 4.58. The molecule has 0 spiro atoms. The van der Waals surface area contributed by atoms with Crippen molar-refractivity contribution in [3.8, 4) is 0 Å². The average molecular weight is 320 g/mol. The van der Waals surface area contributed by atoms with E-state index in [9.17, 15) is 18.0 Å². The van der Waals surface area contributed by atoms with Gasteiger partial charge in [0.15, 0.2) is 0 Å². The molecule has 1 heterocycles. The monoisotopic (exact) mass is 320 g/mol. The third-order valence-corrected chi connectivity index (χ3v) is 5.27. The van der Waals surface area contributed by atoms with Crippen molar-refractivity contribution in [3.05, 3.63) is 0 Å². The maximum atomic E-state index is 11.9. The van der Waals surface area contributed by atoms with Gasteiger partial charge in [-0.2, -0.15) is 0 Å². The molecule has 0 aromatic heterocycles. The fraction of sp³-hybridized carbons (Fsp3) is 0.833. The van der Waals surface area contributed by atoms with Crippen molar-refractivity contribution in [1.82, 2.24) is 19.8 Å². The zero-order valence-electron chi connectivity index (χ0n) is 12.9. The molecule has 1 aliphatic heterocycles. The molecule has 1 saturated heterocycles.